The number of hydrogen-bond donors (Lipinski definition) is 1. The van der Waals surface area contributed by atoms with Crippen molar-refractivity contribution in [2.75, 3.05) is 19.6 Å². The van der Waals surface area contributed by atoms with Gasteiger partial charge in [-0.2, -0.15) is 5.10 Å². The van der Waals surface area contributed by atoms with Crippen LogP contribution in [0.3, 0.4) is 0 Å². The van der Waals surface area contributed by atoms with E-state index in [4.69, 9.17) is 5.10 Å². The van der Waals surface area contributed by atoms with Crippen molar-refractivity contribution in [3.05, 3.63) is 30.0 Å². The molecule has 1 unspecified atom stereocenters. The van der Waals surface area contributed by atoms with Gasteiger partial charge in [-0.05, 0) is 32.5 Å². The number of benzene rings is 1. The van der Waals surface area contributed by atoms with Gasteiger partial charge in [0.25, 0.3) is 0 Å². The van der Waals surface area contributed by atoms with Crippen molar-refractivity contribution in [1.29, 1.82) is 0 Å². The van der Waals surface area contributed by atoms with Crippen LogP contribution in [0.4, 0.5) is 0 Å². The first-order chi connectivity index (χ1) is 9.24. The molecule has 1 N–H and O–H groups in total. The van der Waals surface area contributed by atoms with Crippen LogP contribution in [-0.2, 0) is 13.6 Å². The van der Waals surface area contributed by atoms with Crippen molar-refractivity contribution in [1.82, 2.24) is 20.0 Å². The van der Waals surface area contributed by atoms with E-state index in [1.54, 1.807) is 0 Å². The lowest BCUT2D eigenvalue weighted by Gasteiger charge is -2.21. The molecule has 1 saturated heterocycles. The zero-order valence-corrected chi connectivity index (χ0v) is 11.8. The lowest BCUT2D eigenvalue weighted by Crippen LogP contribution is -2.35. The van der Waals surface area contributed by atoms with E-state index in [1.807, 2.05) is 11.7 Å². The minimum Gasteiger partial charge on any atom is -0.313 e. The summed E-state index contributed by atoms with van der Waals surface area (Å²) < 4.78 is 1.99. The first-order valence-corrected chi connectivity index (χ1v) is 7.10. The molecule has 19 heavy (non-hydrogen) atoms. The van der Waals surface area contributed by atoms with Crippen LogP contribution in [-0.4, -0.2) is 40.4 Å². The van der Waals surface area contributed by atoms with Crippen molar-refractivity contribution in [2.45, 2.75) is 25.9 Å². The molecule has 1 aromatic carbocycles. The lowest BCUT2D eigenvalue weighted by molar-refractivity contribution is 0.262. The second-order valence-corrected chi connectivity index (χ2v) is 5.53. The molecule has 4 nitrogen and oxygen atoms in total. The molecule has 1 atom stereocenters. The summed E-state index contributed by atoms with van der Waals surface area (Å²) >= 11 is 0. The fraction of sp³-hybridized carbons (Fsp3) is 0.533. The Morgan fingerprint density at radius 3 is 3.11 bits per heavy atom. The van der Waals surface area contributed by atoms with Gasteiger partial charge < -0.3 is 5.32 Å². The van der Waals surface area contributed by atoms with E-state index >= 15 is 0 Å². The van der Waals surface area contributed by atoms with Gasteiger partial charge in [0.05, 0.1) is 11.2 Å². The van der Waals surface area contributed by atoms with Crippen LogP contribution in [0.5, 0.6) is 0 Å². The van der Waals surface area contributed by atoms with E-state index in [0.29, 0.717) is 6.04 Å². The van der Waals surface area contributed by atoms with Crippen LogP contribution >= 0.6 is 0 Å². The van der Waals surface area contributed by atoms with Crippen molar-refractivity contribution in [2.24, 2.45) is 7.05 Å². The zero-order chi connectivity index (χ0) is 13.2. The van der Waals surface area contributed by atoms with Crippen LogP contribution in [0.15, 0.2) is 24.3 Å². The summed E-state index contributed by atoms with van der Waals surface area (Å²) in [5.74, 6) is 0. The molecule has 0 aliphatic carbocycles. The van der Waals surface area contributed by atoms with Gasteiger partial charge in [-0.15, -0.1) is 0 Å². The minimum atomic E-state index is 0.567. The second kappa shape index (κ2) is 5.31. The molecule has 1 aliphatic rings. The first kappa shape index (κ1) is 12.6. The average molecular weight is 258 g/mol. The molecule has 1 aromatic heterocycles. The van der Waals surface area contributed by atoms with Gasteiger partial charge in [-0.25, -0.2) is 0 Å². The molecule has 0 bridgehead atoms. The maximum Gasteiger partial charge on any atom is 0.0843 e. The molecule has 2 aromatic rings. The molecule has 0 radical (unpaired) electrons. The number of aromatic nitrogens is 2. The maximum absolute atomic E-state index is 4.69. The minimum absolute atomic E-state index is 0.567. The average Bonchev–Trinajstić information content (AvgIpc) is 2.58. The number of para-hydroxylation sites is 1. The summed E-state index contributed by atoms with van der Waals surface area (Å²) in [5.41, 5.74) is 2.42. The van der Waals surface area contributed by atoms with E-state index in [1.165, 1.54) is 23.0 Å². The van der Waals surface area contributed by atoms with E-state index in [-0.39, 0.29) is 0 Å². The maximum atomic E-state index is 4.69. The topological polar surface area (TPSA) is 33.1 Å². The molecule has 0 saturated carbocycles. The predicted octanol–water partition coefficient (Wildman–Crippen LogP) is 1.76. The normalized spacial score (nSPS) is 21.7. The molecule has 102 valence electrons. The van der Waals surface area contributed by atoms with Crippen LogP contribution in [0.1, 0.15) is 19.0 Å². The van der Waals surface area contributed by atoms with E-state index in [0.717, 1.165) is 26.2 Å². The zero-order valence-electron chi connectivity index (χ0n) is 11.8. The molecular formula is C15H22N4. The van der Waals surface area contributed by atoms with Gasteiger partial charge in [0.1, 0.15) is 0 Å². The molecule has 1 aliphatic heterocycles. The Hall–Kier alpha value is -1.39. The number of nitrogens with zero attached hydrogens (tertiary/aromatic N) is 3. The van der Waals surface area contributed by atoms with Gasteiger partial charge in [-0.3, -0.25) is 9.58 Å². The third-order valence-corrected chi connectivity index (χ3v) is 3.88. The standard InChI is InChI=1S/C15H22N4/c1-12-10-19(9-5-8-16-12)11-14-13-6-3-4-7-15(13)18(2)17-14/h3-4,6-7,12,16H,5,8-11H2,1-2H3. The SMILES string of the molecule is CC1CN(Cc2nn(C)c3ccccc23)CCCN1. The van der Waals surface area contributed by atoms with Crippen molar-refractivity contribution in [3.63, 3.8) is 0 Å². The highest BCUT2D eigenvalue weighted by Crippen LogP contribution is 2.19. The Kier molecular flexibility index (Phi) is 3.53. The second-order valence-electron chi connectivity index (χ2n) is 5.53. The van der Waals surface area contributed by atoms with Crippen LogP contribution < -0.4 is 5.32 Å². The molecule has 2 heterocycles. The predicted molar refractivity (Wildman–Crippen MR) is 78.1 cm³/mol. The molecule has 0 amide bonds. The summed E-state index contributed by atoms with van der Waals surface area (Å²) in [6.45, 7) is 6.59. The molecule has 3 rings (SSSR count). The van der Waals surface area contributed by atoms with Gasteiger partial charge in [-0.1, -0.05) is 18.2 Å². The quantitative estimate of drug-likeness (QED) is 0.891. The summed E-state index contributed by atoms with van der Waals surface area (Å²) in [6, 6.07) is 9.05. The van der Waals surface area contributed by atoms with Crippen LogP contribution in [0, 0.1) is 0 Å². The Morgan fingerprint density at radius 1 is 1.37 bits per heavy atom. The van der Waals surface area contributed by atoms with Crippen molar-refractivity contribution >= 4 is 10.9 Å². The van der Waals surface area contributed by atoms with Crippen LogP contribution in [0.25, 0.3) is 10.9 Å². The van der Waals surface area contributed by atoms with E-state index in [2.05, 4.69) is 41.4 Å². The van der Waals surface area contributed by atoms with E-state index in [9.17, 15) is 0 Å². The van der Waals surface area contributed by atoms with Gasteiger partial charge >= 0.3 is 0 Å². The van der Waals surface area contributed by atoms with Gasteiger partial charge in [0.2, 0.25) is 0 Å². The number of nitrogens with one attached hydrogen (secondary N) is 1. The third-order valence-electron chi connectivity index (χ3n) is 3.88. The van der Waals surface area contributed by atoms with Crippen molar-refractivity contribution in [3.8, 4) is 0 Å². The molecule has 0 spiro atoms. The highest BCUT2D eigenvalue weighted by molar-refractivity contribution is 5.81. The highest BCUT2D eigenvalue weighted by Gasteiger charge is 2.17. The fourth-order valence-electron chi connectivity index (χ4n) is 2.96. The molecular weight excluding hydrogens is 236 g/mol. The van der Waals surface area contributed by atoms with Gasteiger partial charge in [0.15, 0.2) is 0 Å². The van der Waals surface area contributed by atoms with Crippen molar-refractivity contribution < 1.29 is 0 Å². The largest absolute Gasteiger partial charge is 0.313 e. The molecule has 1 fully saturated rings. The van der Waals surface area contributed by atoms with Crippen LogP contribution in [0.2, 0.25) is 0 Å². The Morgan fingerprint density at radius 2 is 2.21 bits per heavy atom. The summed E-state index contributed by atoms with van der Waals surface area (Å²) in [7, 11) is 2.03. The lowest BCUT2D eigenvalue weighted by atomic mass is 10.2. The van der Waals surface area contributed by atoms with Gasteiger partial charge in [0, 0.05) is 31.6 Å². The smallest absolute Gasteiger partial charge is 0.0843 e. The number of aryl methyl sites for hydroxylation is 1. The Balaban J connectivity index is 1.84. The summed E-state index contributed by atoms with van der Waals surface area (Å²) in [4.78, 5) is 2.51. The summed E-state index contributed by atoms with van der Waals surface area (Å²) in [5, 5.41) is 9.52. The first-order valence-electron chi connectivity index (χ1n) is 7.10. The Bertz CT molecular complexity index is 560. The number of hydrogen-bond acceptors (Lipinski definition) is 3. The Labute approximate surface area is 114 Å². The summed E-state index contributed by atoms with van der Waals surface area (Å²) in [6.07, 6.45) is 1.22. The fourth-order valence-corrected chi connectivity index (χ4v) is 2.96. The number of fused-ring (bicyclic) bond motifs is 1. The molecule has 4 heteroatoms. The third kappa shape index (κ3) is 2.65. The van der Waals surface area contributed by atoms with E-state index < -0.39 is 0 Å². The highest BCUT2D eigenvalue weighted by atomic mass is 15.3. The number of rotatable bonds is 2. The monoisotopic (exact) mass is 258 g/mol.